The molecule has 1 fully saturated rings. The van der Waals surface area contributed by atoms with Crippen molar-refractivity contribution in [3.05, 3.63) is 34.9 Å². The van der Waals surface area contributed by atoms with Gasteiger partial charge >= 0.3 is 0 Å². The summed E-state index contributed by atoms with van der Waals surface area (Å²) in [5.74, 6) is 0.619. The van der Waals surface area contributed by atoms with Crippen molar-refractivity contribution in [3.8, 4) is 0 Å². The molecule has 1 unspecified atom stereocenters. The highest BCUT2D eigenvalue weighted by molar-refractivity contribution is 5.45. The second-order valence-electron chi connectivity index (χ2n) is 5.71. The third-order valence-corrected chi connectivity index (χ3v) is 4.70. The van der Waals surface area contributed by atoms with Crippen molar-refractivity contribution in [1.82, 2.24) is 0 Å². The number of benzene rings is 1. The maximum absolute atomic E-state index is 5.94. The Hall–Kier alpha value is -0.820. The van der Waals surface area contributed by atoms with Crippen LogP contribution in [0, 0.1) is 6.92 Å². The Morgan fingerprint density at radius 3 is 2.75 bits per heavy atom. The molecule has 2 aliphatic carbocycles. The molecule has 0 radical (unpaired) electrons. The van der Waals surface area contributed by atoms with Gasteiger partial charge in [-0.2, -0.15) is 0 Å². The molecule has 1 atom stereocenters. The lowest BCUT2D eigenvalue weighted by molar-refractivity contribution is 0.410. The van der Waals surface area contributed by atoms with E-state index in [0.29, 0.717) is 11.3 Å². The Bertz CT molecular complexity index is 402. The maximum Gasteiger partial charge on any atom is -0.000781 e. The lowest BCUT2D eigenvalue weighted by Gasteiger charge is -2.25. The van der Waals surface area contributed by atoms with Crippen LogP contribution in [-0.4, -0.2) is 6.54 Å². The minimum atomic E-state index is 0.505. The first kappa shape index (κ1) is 10.3. The Morgan fingerprint density at radius 1 is 1.31 bits per heavy atom. The fraction of sp³-hybridized carbons (Fsp3) is 0.600. The smallest absolute Gasteiger partial charge is 0.000781 e. The van der Waals surface area contributed by atoms with Crippen LogP contribution in [0.25, 0.3) is 0 Å². The Labute approximate surface area is 98.0 Å². The zero-order valence-electron chi connectivity index (χ0n) is 10.1. The summed E-state index contributed by atoms with van der Waals surface area (Å²) >= 11 is 0. The first-order chi connectivity index (χ1) is 7.75. The highest BCUT2D eigenvalue weighted by Gasteiger charge is 2.44. The highest BCUT2D eigenvalue weighted by atomic mass is 14.6. The van der Waals surface area contributed by atoms with Crippen LogP contribution in [0.1, 0.15) is 54.7 Å². The molecule has 0 aromatic heterocycles. The summed E-state index contributed by atoms with van der Waals surface area (Å²) in [6.45, 7) is 3.02. The molecule has 16 heavy (non-hydrogen) atoms. The number of nitrogens with two attached hydrogens (primary N) is 1. The number of hydrogen-bond acceptors (Lipinski definition) is 1. The third kappa shape index (κ3) is 1.34. The molecule has 1 spiro atoms. The van der Waals surface area contributed by atoms with E-state index in [1.807, 2.05) is 0 Å². The summed E-state index contributed by atoms with van der Waals surface area (Å²) < 4.78 is 0. The Balaban J connectivity index is 2.11. The second-order valence-corrected chi connectivity index (χ2v) is 5.71. The van der Waals surface area contributed by atoms with Crippen LogP contribution in [0.5, 0.6) is 0 Å². The first-order valence-corrected chi connectivity index (χ1v) is 6.56. The van der Waals surface area contributed by atoms with E-state index < -0.39 is 0 Å². The molecule has 0 amide bonds. The van der Waals surface area contributed by atoms with Gasteiger partial charge in [0.25, 0.3) is 0 Å². The molecule has 1 saturated carbocycles. The van der Waals surface area contributed by atoms with Gasteiger partial charge < -0.3 is 5.73 Å². The van der Waals surface area contributed by atoms with Gasteiger partial charge in [-0.3, -0.25) is 0 Å². The summed E-state index contributed by atoms with van der Waals surface area (Å²) in [5, 5.41) is 0. The highest BCUT2D eigenvalue weighted by Crippen LogP contribution is 2.54. The maximum atomic E-state index is 5.94. The summed E-state index contributed by atoms with van der Waals surface area (Å²) in [6, 6.07) is 7.00. The predicted molar refractivity (Wildman–Crippen MR) is 67.7 cm³/mol. The number of fused-ring (bicyclic) bond motifs is 2. The zero-order chi connectivity index (χ0) is 11.2. The van der Waals surface area contributed by atoms with Crippen LogP contribution in [0.15, 0.2) is 18.2 Å². The molecule has 0 saturated heterocycles. The van der Waals surface area contributed by atoms with Gasteiger partial charge in [-0.15, -0.1) is 0 Å². The molecule has 0 heterocycles. The molecule has 2 aliphatic rings. The predicted octanol–water partition coefficient (Wildman–Crippen LogP) is 3.25. The minimum Gasteiger partial charge on any atom is -0.330 e. The van der Waals surface area contributed by atoms with Crippen molar-refractivity contribution in [1.29, 1.82) is 0 Å². The molecular formula is C15H21N. The van der Waals surface area contributed by atoms with Gasteiger partial charge in [0.05, 0.1) is 0 Å². The normalized spacial score (nSPS) is 26.2. The molecule has 1 aromatic carbocycles. The fourth-order valence-electron chi connectivity index (χ4n) is 3.91. The number of aryl methyl sites for hydroxylation is 1. The zero-order valence-corrected chi connectivity index (χ0v) is 10.1. The molecule has 3 rings (SSSR count). The van der Waals surface area contributed by atoms with E-state index in [4.69, 9.17) is 5.73 Å². The second kappa shape index (κ2) is 3.59. The monoisotopic (exact) mass is 215 g/mol. The van der Waals surface area contributed by atoms with Crippen LogP contribution in [-0.2, 0) is 5.41 Å². The van der Waals surface area contributed by atoms with E-state index in [-0.39, 0.29) is 0 Å². The van der Waals surface area contributed by atoms with Crippen LogP contribution in [0.4, 0.5) is 0 Å². The summed E-state index contributed by atoms with van der Waals surface area (Å²) in [7, 11) is 0. The fourth-order valence-corrected chi connectivity index (χ4v) is 3.91. The number of hydrogen-bond donors (Lipinski definition) is 1. The van der Waals surface area contributed by atoms with E-state index in [1.165, 1.54) is 37.7 Å². The first-order valence-electron chi connectivity index (χ1n) is 6.56. The minimum absolute atomic E-state index is 0.505. The summed E-state index contributed by atoms with van der Waals surface area (Å²) in [4.78, 5) is 0. The molecule has 1 aromatic rings. The van der Waals surface area contributed by atoms with E-state index in [2.05, 4.69) is 25.1 Å². The largest absolute Gasteiger partial charge is 0.330 e. The van der Waals surface area contributed by atoms with Gasteiger partial charge in [-0.05, 0) is 55.2 Å². The van der Waals surface area contributed by atoms with Gasteiger partial charge in [0.15, 0.2) is 0 Å². The topological polar surface area (TPSA) is 26.0 Å². The van der Waals surface area contributed by atoms with Gasteiger partial charge in [0.1, 0.15) is 0 Å². The standard InChI is InChI=1S/C15H21N/c1-11-4-5-13-12(10-16)9-15(14(13)8-11)6-2-3-7-15/h4-5,8,12H,2-3,6-7,9-10,16H2,1H3. The van der Waals surface area contributed by atoms with Crippen molar-refractivity contribution in [2.24, 2.45) is 5.73 Å². The molecule has 1 heteroatoms. The summed E-state index contributed by atoms with van der Waals surface area (Å²) in [6.07, 6.45) is 6.90. The van der Waals surface area contributed by atoms with Gasteiger partial charge in [0, 0.05) is 0 Å². The Kier molecular flexibility index (Phi) is 2.32. The van der Waals surface area contributed by atoms with Crippen molar-refractivity contribution >= 4 is 0 Å². The lowest BCUT2D eigenvalue weighted by atomic mass is 9.79. The molecule has 0 aliphatic heterocycles. The quantitative estimate of drug-likeness (QED) is 0.764. The Morgan fingerprint density at radius 2 is 2.06 bits per heavy atom. The summed E-state index contributed by atoms with van der Waals surface area (Å²) in [5.41, 5.74) is 11.0. The van der Waals surface area contributed by atoms with Crippen molar-refractivity contribution in [3.63, 3.8) is 0 Å². The lowest BCUT2D eigenvalue weighted by Crippen LogP contribution is -2.19. The molecule has 1 nitrogen and oxygen atoms in total. The van der Waals surface area contributed by atoms with E-state index in [1.54, 1.807) is 11.1 Å². The van der Waals surface area contributed by atoms with Crippen LogP contribution in [0.3, 0.4) is 0 Å². The van der Waals surface area contributed by atoms with Crippen LogP contribution < -0.4 is 5.73 Å². The van der Waals surface area contributed by atoms with Crippen LogP contribution in [0.2, 0.25) is 0 Å². The van der Waals surface area contributed by atoms with Gasteiger partial charge in [-0.1, -0.05) is 36.6 Å². The van der Waals surface area contributed by atoms with Crippen LogP contribution >= 0.6 is 0 Å². The molecule has 0 bridgehead atoms. The van der Waals surface area contributed by atoms with Gasteiger partial charge in [-0.25, -0.2) is 0 Å². The van der Waals surface area contributed by atoms with E-state index in [0.717, 1.165) is 6.54 Å². The molecule has 86 valence electrons. The average Bonchev–Trinajstić information content (AvgIpc) is 2.86. The molecular weight excluding hydrogens is 194 g/mol. The van der Waals surface area contributed by atoms with Crippen molar-refractivity contribution in [2.75, 3.05) is 6.54 Å². The van der Waals surface area contributed by atoms with E-state index in [9.17, 15) is 0 Å². The molecule has 2 N–H and O–H groups in total. The van der Waals surface area contributed by atoms with Crippen molar-refractivity contribution < 1.29 is 0 Å². The SMILES string of the molecule is Cc1ccc2c(c1)C1(CCCC1)CC2CN. The number of rotatable bonds is 1. The average molecular weight is 215 g/mol. The van der Waals surface area contributed by atoms with E-state index >= 15 is 0 Å². The third-order valence-electron chi connectivity index (χ3n) is 4.70. The van der Waals surface area contributed by atoms with Crippen molar-refractivity contribution in [2.45, 2.75) is 50.4 Å². The van der Waals surface area contributed by atoms with Gasteiger partial charge in [0.2, 0.25) is 0 Å².